The number of anilines is 3. The number of hydrogen-bond acceptors (Lipinski definition) is 5. The van der Waals surface area contributed by atoms with Gasteiger partial charge >= 0.3 is 7.12 Å². The number of methoxy groups -OCH3 is 1. The number of para-hydroxylation sites is 3. The molecule has 0 radical (unpaired) electrons. The molecule has 5 aromatic carbocycles. The Morgan fingerprint density at radius 2 is 1.04 bits per heavy atom. The van der Waals surface area contributed by atoms with Crippen LogP contribution in [0.25, 0.3) is 33.6 Å². The zero-order valence-corrected chi connectivity index (χ0v) is 34.9. The molecule has 56 heavy (non-hydrogen) atoms. The molecule has 0 bridgehead atoms. The van der Waals surface area contributed by atoms with Crippen molar-refractivity contribution in [1.29, 1.82) is 0 Å². The van der Waals surface area contributed by atoms with Crippen molar-refractivity contribution in [3.05, 3.63) is 145 Å². The molecule has 1 aromatic heterocycles. The summed E-state index contributed by atoms with van der Waals surface area (Å²) in [6.45, 7) is 22.1. The Labute approximate surface area is 334 Å². The lowest BCUT2D eigenvalue weighted by atomic mass is 9.77. The molecule has 0 saturated carbocycles. The second kappa shape index (κ2) is 14.7. The van der Waals surface area contributed by atoms with E-state index in [1.165, 1.54) is 11.1 Å². The van der Waals surface area contributed by atoms with Crippen LogP contribution in [0.15, 0.2) is 133 Å². The van der Waals surface area contributed by atoms with Crippen molar-refractivity contribution in [3.8, 4) is 39.4 Å². The van der Waals surface area contributed by atoms with E-state index in [4.69, 9.17) is 19.0 Å². The maximum Gasteiger partial charge on any atom is 0.494 e. The largest absolute Gasteiger partial charge is 0.496 e. The third-order valence-electron chi connectivity index (χ3n) is 11.3. The average Bonchev–Trinajstić information content (AvgIpc) is 3.40. The Morgan fingerprint density at radius 1 is 0.536 bits per heavy atom. The lowest BCUT2D eigenvalue weighted by molar-refractivity contribution is 0.00578. The molecule has 7 rings (SSSR count). The van der Waals surface area contributed by atoms with Crippen LogP contribution in [0.2, 0.25) is 0 Å². The summed E-state index contributed by atoms with van der Waals surface area (Å²) in [5.74, 6) is 0.771. The summed E-state index contributed by atoms with van der Waals surface area (Å²) in [7, 11) is 1.13. The third kappa shape index (κ3) is 7.91. The first-order valence-corrected chi connectivity index (χ1v) is 19.7. The fourth-order valence-corrected chi connectivity index (χ4v) is 7.13. The van der Waals surface area contributed by atoms with Crippen molar-refractivity contribution in [1.82, 2.24) is 4.98 Å². The van der Waals surface area contributed by atoms with Gasteiger partial charge in [-0.25, -0.2) is 4.98 Å². The van der Waals surface area contributed by atoms with Gasteiger partial charge in [0.15, 0.2) is 0 Å². The van der Waals surface area contributed by atoms with Gasteiger partial charge in [-0.05, 0) is 127 Å². The van der Waals surface area contributed by atoms with Crippen LogP contribution in [-0.4, -0.2) is 30.4 Å². The van der Waals surface area contributed by atoms with Gasteiger partial charge in [0, 0.05) is 28.2 Å². The van der Waals surface area contributed by atoms with Crippen molar-refractivity contribution in [2.75, 3.05) is 12.0 Å². The van der Waals surface area contributed by atoms with Crippen molar-refractivity contribution < 1.29 is 14.0 Å². The molecular weight excluding hydrogens is 687 g/mol. The lowest BCUT2D eigenvalue weighted by Gasteiger charge is -2.32. The first-order valence-electron chi connectivity index (χ1n) is 19.7. The first kappa shape index (κ1) is 39.1. The summed E-state index contributed by atoms with van der Waals surface area (Å²) < 4.78 is 19.3. The van der Waals surface area contributed by atoms with Crippen LogP contribution in [0.4, 0.5) is 17.1 Å². The van der Waals surface area contributed by atoms with Gasteiger partial charge in [0.05, 0.1) is 29.7 Å². The summed E-state index contributed by atoms with van der Waals surface area (Å²) in [5, 5.41) is 0. The number of ether oxygens (including phenoxy) is 1. The normalized spacial score (nSPS) is 15.2. The van der Waals surface area contributed by atoms with E-state index in [9.17, 15) is 0 Å². The van der Waals surface area contributed by atoms with Crippen LogP contribution in [0, 0.1) is 0 Å². The zero-order chi connectivity index (χ0) is 40.0. The minimum absolute atomic E-state index is 0.0399. The van der Waals surface area contributed by atoms with Crippen LogP contribution in [0.5, 0.6) is 5.75 Å². The van der Waals surface area contributed by atoms with Crippen LogP contribution in [0.3, 0.4) is 0 Å². The van der Waals surface area contributed by atoms with Gasteiger partial charge in [-0.3, -0.25) is 0 Å². The standard InChI is InChI=1S/C50H55BN2O3/c1-47(2,3)37-26-34(27-38(32-37)48(4,5)6)35-30-44(52-45(31-35)43-24-18-19-25-46(43)54-11)36-28-39(51-55-49(7,8)50(9,10)56-51)33-42(29-36)53(40-20-14-12-15-21-40)41-22-16-13-17-23-41/h12-33H,1-11H3. The Morgan fingerprint density at radius 3 is 1.57 bits per heavy atom. The average molecular weight is 743 g/mol. The first-order chi connectivity index (χ1) is 26.4. The second-order valence-corrected chi connectivity index (χ2v) is 18.0. The molecular formula is C50H55BN2O3. The minimum Gasteiger partial charge on any atom is -0.496 e. The Hall–Kier alpha value is -5.17. The molecule has 0 N–H and O–H groups in total. The molecule has 0 unspecified atom stereocenters. The fourth-order valence-electron chi connectivity index (χ4n) is 7.13. The molecule has 1 aliphatic heterocycles. The van der Waals surface area contributed by atoms with Crippen LogP contribution >= 0.6 is 0 Å². The predicted molar refractivity (Wildman–Crippen MR) is 235 cm³/mol. The summed E-state index contributed by atoms with van der Waals surface area (Å²) in [6.07, 6.45) is 0. The molecule has 1 aliphatic rings. The minimum atomic E-state index is -0.582. The zero-order valence-electron chi connectivity index (χ0n) is 34.9. The van der Waals surface area contributed by atoms with E-state index < -0.39 is 18.3 Å². The maximum absolute atomic E-state index is 6.72. The molecule has 286 valence electrons. The van der Waals surface area contributed by atoms with E-state index in [-0.39, 0.29) is 10.8 Å². The number of nitrogens with zero attached hydrogens (tertiary/aromatic N) is 2. The quantitative estimate of drug-likeness (QED) is 0.145. The Kier molecular flexibility index (Phi) is 10.3. The maximum atomic E-state index is 6.72. The molecule has 6 heteroatoms. The van der Waals surface area contributed by atoms with E-state index in [2.05, 4.69) is 177 Å². The highest BCUT2D eigenvalue weighted by molar-refractivity contribution is 6.62. The molecule has 6 aromatic rings. The summed E-state index contributed by atoms with van der Waals surface area (Å²) >= 11 is 0. The highest BCUT2D eigenvalue weighted by Gasteiger charge is 2.52. The smallest absolute Gasteiger partial charge is 0.494 e. The number of pyridine rings is 1. The lowest BCUT2D eigenvalue weighted by Crippen LogP contribution is -2.41. The van der Waals surface area contributed by atoms with E-state index in [0.29, 0.717) is 0 Å². The van der Waals surface area contributed by atoms with Gasteiger partial charge in [-0.1, -0.05) is 114 Å². The molecule has 1 fully saturated rings. The topological polar surface area (TPSA) is 43.8 Å². The second-order valence-electron chi connectivity index (χ2n) is 18.0. The van der Waals surface area contributed by atoms with Crippen molar-refractivity contribution in [3.63, 3.8) is 0 Å². The predicted octanol–water partition coefficient (Wildman–Crippen LogP) is 12.5. The number of hydrogen-bond donors (Lipinski definition) is 0. The highest BCUT2D eigenvalue weighted by atomic mass is 16.7. The van der Waals surface area contributed by atoms with Gasteiger partial charge < -0.3 is 18.9 Å². The molecule has 1 saturated heterocycles. The molecule has 2 heterocycles. The number of aromatic nitrogens is 1. The molecule has 5 nitrogen and oxygen atoms in total. The molecule has 0 amide bonds. The van der Waals surface area contributed by atoms with E-state index in [1.54, 1.807) is 7.11 Å². The fraction of sp³-hybridized carbons (Fsp3) is 0.300. The van der Waals surface area contributed by atoms with Crippen molar-refractivity contribution in [2.45, 2.75) is 91.3 Å². The Balaban J connectivity index is 1.52. The van der Waals surface area contributed by atoms with Gasteiger partial charge in [0.2, 0.25) is 0 Å². The SMILES string of the molecule is COc1ccccc1-c1cc(-c2cc(C(C)(C)C)cc(C(C)(C)C)c2)cc(-c2cc(B3OC(C)(C)C(C)(C)O3)cc(N(c3ccccc3)c3ccccc3)c2)n1. The van der Waals surface area contributed by atoms with Crippen LogP contribution in [-0.2, 0) is 20.1 Å². The number of rotatable bonds is 8. The van der Waals surface area contributed by atoms with E-state index >= 15 is 0 Å². The molecule has 0 atom stereocenters. The van der Waals surface area contributed by atoms with Gasteiger partial charge in [0.1, 0.15) is 5.75 Å². The summed E-state index contributed by atoms with van der Waals surface area (Å²) in [5.41, 5.74) is 11.2. The molecule has 0 spiro atoms. The van der Waals surface area contributed by atoms with Crippen LogP contribution in [0.1, 0.15) is 80.4 Å². The van der Waals surface area contributed by atoms with Gasteiger partial charge in [0.25, 0.3) is 0 Å². The summed E-state index contributed by atoms with van der Waals surface area (Å²) in [4.78, 5) is 7.72. The Bertz CT molecular complexity index is 2250. The van der Waals surface area contributed by atoms with Gasteiger partial charge in [-0.2, -0.15) is 0 Å². The van der Waals surface area contributed by atoms with E-state index in [0.717, 1.165) is 61.9 Å². The summed E-state index contributed by atoms with van der Waals surface area (Å²) in [6, 6.07) is 47.2. The monoisotopic (exact) mass is 742 g/mol. The number of benzene rings is 5. The van der Waals surface area contributed by atoms with Gasteiger partial charge in [-0.15, -0.1) is 0 Å². The highest BCUT2D eigenvalue weighted by Crippen LogP contribution is 2.42. The van der Waals surface area contributed by atoms with Crippen LogP contribution < -0.4 is 15.1 Å². The van der Waals surface area contributed by atoms with E-state index in [1.807, 2.05) is 30.3 Å². The van der Waals surface area contributed by atoms with Crippen molar-refractivity contribution >= 4 is 29.6 Å². The third-order valence-corrected chi connectivity index (χ3v) is 11.3. The molecule has 0 aliphatic carbocycles. The van der Waals surface area contributed by atoms with Crippen molar-refractivity contribution in [2.24, 2.45) is 0 Å².